The molecule has 5 nitrogen and oxygen atoms in total. The number of ketones is 1. The zero-order valence-electron chi connectivity index (χ0n) is 8.24. The molecule has 1 aromatic rings. The number of phenols is 1. The highest BCUT2D eigenvalue weighted by atomic mass is 19.1. The lowest BCUT2D eigenvalue weighted by atomic mass is 10.0. The number of hydrogen-bond donors (Lipinski definition) is 3. The average molecular weight is 227 g/mol. The van der Waals surface area contributed by atoms with E-state index in [0.717, 1.165) is 12.1 Å². The molecule has 86 valence electrons. The summed E-state index contributed by atoms with van der Waals surface area (Å²) in [6, 6.07) is 1.72. The summed E-state index contributed by atoms with van der Waals surface area (Å²) >= 11 is 0. The molecule has 4 N–H and O–H groups in total. The first-order valence-corrected chi connectivity index (χ1v) is 4.46. The van der Waals surface area contributed by atoms with Crippen molar-refractivity contribution in [1.82, 2.24) is 0 Å². The zero-order valence-corrected chi connectivity index (χ0v) is 8.24. The zero-order chi connectivity index (χ0) is 12.3. The Labute approximate surface area is 90.3 Å². The first-order chi connectivity index (χ1) is 7.47. The number of hydrogen-bond acceptors (Lipinski definition) is 4. The Morgan fingerprint density at radius 1 is 1.38 bits per heavy atom. The first kappa shape index (κ1) is 12.1. The van der Waals surface area contributed by atoms with Crippen molar-refractivity contribution in [2.45, 2.75) is 6.42 Å². The van der Waals surface area contributed by atoms with Gasteiger partial charge in [-0.2, -0.15) is 0 Å². The van der Waals surface area contributed by atoms with Crippen LogP contribution in [0.15, 0.2) is 12.1 Å². The van der Waals surface area contributed by atoms with Gasteiger partial charge < -0.3 is 15.9 Å². The van der Waals surface area contributed by atoms with Crippen LogP contribution in [0.2, 0.25) is 0 Å². The molecule has 0 aliphatic rings. The van der Waals surface area contributed by atoms with Gasteiger partial charge in [-0.15, -0.1) is 0 Å². The van der Waals surface area contributed by atoms with E-state index in [4.69, 9.17) is 15.9 Å². The highest BCUT2D eigenvalue weighted by Crippen LogP contribution is 2.23. The van der Waals surface area contributed by atoms with E-state index in [1.807, 2.05) is 0 Å². The van der Waals surface area contributed by atoms with Crippen LogP contribution >= 0.6 is 0 Å². The molecule has 0 radical (unpaired) electrons. The fourth-order valence-corrected chi connectivity index (χ4v) is 1.20. The highest BCUT2D eigenvalue weighted by molar-refractivity contribution is 6.00. The summed E-state index contributed by atoms with van der Waals surface area (Å²) < 4.78 is 13.1. The summed E-state index contributed by atoms with van der Waals surface area (Å²) in [6.07, 6.45) is -0.0106. The molecule has 0 unspecified atom stereocenters. The molecule has 0 heterocycles. The molecule has 0 saturated heterocycles. The van der Waals surface area contributed by atoms with E-state index in [-0.39, 0.29) is 18.5 Å². The number of carbonyl (C=O) groups excluding carboxylic acids is 1. The standard InChI is InChI=1S/C10H10FNO4/c11-7-4-5(8(13)1-2-12)3-6(9(7)14)10(15)16/h3-4,14H,1-2,12H2,(H,15,16). The van der Waals surface area contributed by atoms with E-state index in [1.165, 1.54) is 0 Å². The predicted octanol–water partition coefficient (Wildman–Crippen LogP) is 0.761. The molecule has 0 atom stereocenters. The molecule has 0 aliphatic heterocycles. The normalized spacial score (nSPS) is 10.1. The van der Waals surface area contributed by atoms with Gasteiger partial charge in [-0.3, -0.25) is 4.79 Å². The lowest BCUT2D eigenvalue weighted by Crippen LogP contribution is -2.10. The SMILES string of the molecule is NCCC(=O)c1cc(F)c(O)c(C(=O)O)c1. The number of rotatable bonds is 4. The summed E-state index contributed by atoms with van der Waals surface area (Å²) in [5, 5.41) is 17.8. The van der Waals surface area contributed by atoms with Crippen molar-refractivity contribution in [3.05, 3.63) is 29.1 Å². The van der Waals surface area contributed by atoms with Crippen molar-refractivity contribution in [1.29, 1.82) is 0 Å². The van der Waals surface area contributed by atoms with Gasteiger partial charge >= 0.3 is 5.97 Å². The topological polar surface area (TPSA) is 101 Å². The van der Waals surface area contributed by atoms with Gasteiger partial charge in [0.05, 0.1) is 0 Å². The summed E-state index contributed by atoms with van der Waals surface area (Å²) in [4.78, 5) is 22.0. The third-order valence-corrected chi connectivity index (χ3v) is 1.99. The van der Waals surface area contributed by atoms with E-state index in [9.17, 15) is 14.0 Å². The maximum atomic E-state index is 13.1. The van der Waals surface area contributed by atoms with Crippen molar-refractivity contribution < 1.29 is 24.2 Å². The van der Waals surface area contributed by atoms with Crippen LogP contribution in [0.4, 0.5) is 4.39 Å². The molecule has 0 aliphatic carbocycles. The van der Waals surface area contributed by atoms with Crippen molar-refractivity contribution in [2.24, 2.45) is 5.73 Å². The number of benzene rings is 1. The Bertz CT molecular complexity index is 445. The molecule has 0 spiro atoms. The average Bonchev–Trinajstić information content (AvgIpc) is 2.21. The molecular formula is C10H10FNO4. The van der Waals surface area contributed by atoms with Gasteiger partial charge in [-0.1, -0.05) is 0 Å². The molecule has 0 amide bonds. The second-order valence-electron chi connectivity index (χ2n) is 3.12. The number of aromatic carboxylic acids is 1. The van der Waals surface area contributed by atoms with Crippen molar-refractivity contribution >= 4 is 11.8 Å². The van der Waals surface area contributed by atoms with E-state index in [1.54, 1.807) is 0 Å². The molecule has 0 bridgehead atoms. The molecule has 1 aromatic carbocycles. The van der Waals surface area contributed by atoms with Gasteiger partial charge in [0.1, 0.15) is 5.56 Å². The van der Waals surface area contributed by atoms with Crippen molar-refractivity contribution in [3.63, 3.8) is 0 Å². The number of carboxylic acids is 1. The lowest BCUT2D eigenvalue weighted by Gasteiger charge is -2.04. The van der Waals surface area contributed by atoms with Gasteiger partial charge in [0.25, 0.3) is 0 Å². The quantitative estimate of drug-likeness (QED) is 0.659. The molecule has 1 rings (SSSR count). The molecule has 16 heavy (non-hydrogen) atoms. The predicted molar refractivity (Wildman–Crippen MR) is 53.0 cm³/mol. The van der Waals surface area contributed by atoms with Crippen LogP contribution < -0.4 is 5.73 Å². The van der Waals surface area contributed by atoms with E-state index in [2.05, 4.69) is 0 Å². The smallest absolute Gasteiger partial charge is 0.339 e. The Morgan fingerprint density at radius 2 is 2.00 bits per heavy atom. The number of Topliss-reactive ketones (excluding diaryl/α,β-unsaturated/α-hetero) is 1. The van der Waals surface area contributed by atoms with Gasteiger partial charge in [-0.25, -0.2) is 9.18 Å². The van der Waals surface area contributed by atoms with Crippen LogP contribution in [0.25, 0.3) is 0 Å². The Hall–Kier alpha value is -1.95. The fraction of sp³-hybridized carbons (Fsp3) is 0.200. The minimum absolute atomic E-state index is 0.0106. The maximum absolute atomic E-state index is 13.1. The van der Waals surface area contributed by atoms with Crippen molar-refractivity contribution in [3.8, 4) is 5.75 Å². The van der Waals surface area contributed by atoms with Gasteiger partial charge in [0, 0.05) is 12.0 Å². The van der Waals surface area contributed by atoms with Crippen LogP contribution in [-0.2, 0) is 0 Å². The second kappa shape index (κ2) is 4.71. The van der Waals surface area contributed by atoms with Crippen LogP contribution in [0.1, 0.15) is 27.1 Å². The third-order valence-electron chi connectivity index (χ3n) is 1.99. The number of carbonyl (C=O) groups is 2. The van der Waals surface area contributed by atoms with E-state index >= 15 is 0 Å². The summed E-state index contributed by atoms with van der Waals surface area (Å²) in [5.41, 5.74) is 4.40. The van der Waals surface area contributed by atoms with E-state index < -0.39 is 28.9 Å². The summed E-state index contributed by atoms with van der Waals surface area (Å²) in [6.45, 7) is 0.0870. The lowest BCUT2D eigenvalue weighted by molar-refractivity contribution is 0.0692. The van der Waals surface area contributed by atoms with Crippen LogP contribution in [-0.4, -0.2) is 28.5 Å². The maximum Gasteiger partial charge on any atom is 0.339 e. The Morgan fingerprint density at radius 3 is 2.50 bits per heavy atom. The van der Waals surface area contributed by atoms with Crippen molar-refractivity contribution in [2.75, 3.05) is 6.54 Å². The summed E-state index contributed by atoms with van der Waals surface area (Å²) in [5.74, 6) is -4.08. The molecule has 0 aromatic heterocycles. The minimum atomic E-state index is -1.50. The van der Waals surface area contributed by atoms with Gasteiger partial charge in [0.15, 0.2) is 17.3 Å². The Balaban J connectivity index is 3.24. The fourth-order valence-electron chi connectivity index (χ4n) is 1.20. The molecular weight excluding hydrogens is 217 g/mol. The molecule has 0 saturated carbocycles. The number of nitrogens with two attached hydrogens (primary N) is 1. The van der Waals surface area contributed by atoms with Gasteiger partial charge in [0.2, 0.25) is 0 Å². The van der Waals surface area contributed by atoms with E-state index in [0.29, 0.717) is 0 Å². The largest absolute Gasteiger partial charge is 0.504 e. The molecule has 0 fully saturated rings. The van der Waals surface area contributed by atoms with Crippen LogP contribution in [0.3, 0.4) is 0 Å². The minimum Gasteiger partial charge on any atom is -0.504 e. The highest BCUT2D eigenvalue weighted by Gasteiger charge is 2.18. The van der Waals surface area contributed by atoms with Gasteiger partial charge in [-0.05, 0) is 18.7 Å². The first-order valence-electron chi connectivity index (χ1n) is 4.46. The van der Waals surface area contributed by atoms with Crippen LogP contribution in [0, 0.1) is 5.82 Å². The third kappa shape index (κ3) is 2.34. The number of carboxylic acid groups (broad SMARTS) is 1. The molecule has 6 heteroatoms. The Kier molecular flexibility index (Phi) is 3.57. The number of aromatic hydroxyl groups is 1. The summed E-state index contributed by atoms with van der Waals surface area (Å²) in [7, 11) is 0. The van der Waals surface area contributed by atoms with Crippen LogP contribution in [0.5, 0.6) is 5.75 Å². The monoisotopic (exact) mass is 227 g/mol. The second-order valence-corrected chi connectivity index (χ2v) is 3.12. The number of halogens is 1.